The average molecular weight is 269 g/mol. The summed E-state index contributed by atoms with van der Waals surface area (Å²) in [6.45, 7) is 2.16. The molecule has 0 amide bonds. The SMILES string of the molecule is COc1ccc2c(c1)CC[C@@]1(C#N)CC(=O)CC[C@@]21C. The molecule has 0 radical (unpaired) electrons. The number of hydrogen-bond donors (Lipinski definition) is 0. The van der Waals surface area contributed by atoms with Gasteiger partial charge in [-0.2, -0.15) is 5.26 Å². The van der Waals surface area contributed by atoms with Gasteiger partial charge in [-0.25, -0.2) is 0 Å². The van der Waals surface area contributed by atoms with Gasteiger partial charge in [0.25, 0.3) is 0 Å². The van der Waals surface area contributed by atoms with Gasteiger partial charge in [-0.05, 0) is 42.5 Å². The average Bonchev–Trinajstić information content (AvgIpc) is 2.47. The van der Waals surface area contributed by atoms with Gasteiger partial charge in [0.05, 0.1) is 18.6 Å². The van der Waals surface area contributed by atoms with Crippen molar-refractivity contribution in [2.24, 2.45) is 5.41 Å². The number of nitrogens with zero attached hydrogens (tertiary/aromatic N) is 1. The molecule has 0 aromatic heterocycles. The van der Waals surface area contributed by atoms with Gasteiger partial charge in [0.1, 0.15) is 11.5 Å². The summed E-state index contributed by atoms with van der Waals surface area (Å²) < 4.78 is 5.30. The second kappa shape index (κ2) is 4.34. The van der Waals surface area contributed by atoms with E-state index in [1.54, 1.807) is 7.11 Å². The Morgan fingerprint density at radius 1 is 1.30 bits per heavy atom. The summed E-state index contributed by atoms with van der Waals surface area (Å²) in [5.41, 5.74) is 1.77. The largest absolute Gasteiger partial charge is 0.497 e. The lowest BCUT2D eigenvalue weighted by Crippen LogP contribution is -2.50. The first-order valence-corrected chi connectivity index (χ1v) is 7.15. The van der Waals surface area contributed by atoms with Crippen molar-refractivity contribution in [2.45, 2.75) is 44.4 Å². The first-order valence-electron chi connectivity index (χ1n) is 7.15. The molecule has 3 nitrogen and oxygen atoms in total. The molecule has 1 fully saturated rings. The van der Waals surface area contributed by atoms with Crippen LogP contribution in [0.25, 0.3) is 0 Å². The van der Waals surface area contributed by atoms with Gasteiger partial charge in [0.2, 0.25) is 0 Å². The zero-order chi connectivity index (χ0) is 14.4. The Labute approximate surface area is 119 Å². The molecule has 0 heterocycles. The number of rotatable bonds is 1. The number of ketones is 1. The van der Waals surface area contributed by atoms with Crippen LogP contribution in [-0.2, 0) is 16.6 Å². The number of benzene rings is 1. The van der Waals surface area contributed by atoms with Gasteiger partial charge in [0.15, 0.2) is 0 Å². The molecule has 3 rings (SSSR count). The fraction of sp³-hybridized carbons (Fsp3) is 0.529. The number of nitriles is 1. The molecule has 2 atom stereocenters. The van der Waals surface area contributed by atoms with Crippen molar-refractivity contribution >= 4 is 5.78 Å². The quantitative estimate of drug-likeness (QED) is 0.787. The lowest BCUT2D eigenvalue weighted by atomic mass is 9.49. The van der Waals surface area contributed by atoms with Crippen LogP contribution in [0.3, 0.4) is 0 Å². The van der Waals surface area contributed by atoms with Crippen LogP contribution in [0.5, 0.6) is 5.75 Å². The van der Waals surface area contributed by atoms with Crippen molar-refractivity contribution in [1.29, 1.82) is 5.26 Å². The summed E-state index contributed by atoms with van der Waals surface area (Å²) in [7, 11) is 1.67. The van der Waals surface area contributed by atoms with Crippen LogP contribution < -0.4 is 4.74 Å². The highest BCUT2D eigenvalue weighted by atomic mass is 16.5. The molecule has 0 bridgehead atoms. The molecule has 0 aliphatic heterocycles. The summed E-state index contributed by atoms with van der Waals surface area (Å²) in [5.74, 6) is 1.10. The minimum absolute atomic E-state index is 0.213. The molecule has 1 aromatic rings. The van der Waals surface area contributed by atoms with Gasteiger partial charge < -0.3 is 4.74 Å². The predicted octanol–water partition coefficient (Wildman–Crippen LogP) is 3.16. The molecule has 0 unspecified atom stereocenters. The van der Waals surface area contributed by atoms with E-state index in [1.165, 1.54) is 11.1 Å². The Bertz CT molecular complexity index is 616. The highest BCUT2D eigenvalue weighted by Gasteiger charge is 2.55. The third-order valence-electron chi connectivity index (χ3n) is 5.40. The molecular weight excluding hydrogens is 250 g/mol. The van der Waals surface area contributed by atoms with E-state index in [0.29, 0.717) is 12.8 Å². The zero-order valence-electron chi connectivity index (χ0n) is 12.0. The Morgan fingerprint density at radius 2 is 2.10 bits per heavy atom. The molecule has 2 aliphatic rings. The first-order chi connectivity index (χ1) is 9.54. The van der Waals surface area contributed by atoms with Gasteiger partial charge in [-0.3, -0.25) is 4.79 Å². The van der Waals surface area contributed by atoms with E-state index in [2.05, 4.69) is 25.1 Å². The second-order valence-corrected chi connectivity index (χ2v) is 6.26. The number of aryl methyl sites for hydroxylation is 1. The Morgan fingerprint density at radius 3 is 2.80 bits per heavy atom. The number of carbonyl (C=O) groups is 1. The maximum absolute atomic E-state index is 11.9. The van der Waals surface area contributed by atoms with Crippen LogP contribution in [0.15, 0.2) is 18.2 Å². The molecule has 20 heavy (non-hydrogen) atoms. The van der Waals surface area contributed by atoms with Crippen LogP contribution in [0.2, 0.25) is 0 Å². The molecular formula is C17H19NO2. The maximum Gasteiger partial charge on any atom is 0.134 e. The molecule has 0 N–H and O–H groups in total. The van der Waals surface area contributed by atoms with E-state index in [1.807, 2.05) is 6.07 Å². The Balaban J connectivity index is 2.15. The van der Waals surface area contributed by atoms with Crippen LogP contribution in [-0.4, -0.2) is 12.9 Å². The first kappa shape index (κ1) is 13.2. The molecule has 0 saturated heterocycles. The van der Waals surface area contributed by atoms with Gasteiger partial charge in [0, 0.05) is 18.3 Å². The van der Waals surface area contributed by atoms with E-state index >= 15 is 0 Å². The van der Waals surface area contributed by atoms with Crippen molar-refractivity contribution in [3.8, 4) is 11.8 Å². The van der Waals surface area contributed by atoms with Crippen molar-refractivity contribution in [1.82, 2.24) is 0 Å². The lowest BCUT2D eigenvalue weighted by molar-refractivity contribution is -0.125. The number of carbonyl (C=O) groups excluding carboxylic acids is 1. The summed E-state index contributed by atoms with van der Waals surface area (Å²) in [6.07, 6.45) is 3.39. The molecule has 3 heteroatoms. The van der Waals surface area contributed by atoms with Crippen molar-refractivity contribution in [2.75, 3.05) is 7.11 Å². The smallest absolute Gasteiger partial charge is 0.134 e. The van der Waals surface area contributed by atoms with E-state index < -0.39 is 5.41 Å². The number of hydrogen-bond acceptors (Lipinski definition) is 3. The molecule has 1 aromatic carbocycles. The maximum atomic E-state index is 11.9. The van der Waals surface area contributed by atoms with E-state index in [9.17, 15) is 10.1 Å². The van der Waals surface area contributed by atoms with Gasteiger partial charge in [-0.15, -0.1) is 0 Å². The van der Waals surface area contributed by atoms with Gasteiger partial charge >= 0.3 is 0 Å². The van der Waals surface area contributed by atoms with E-state index in [4.69, 9.17) is 4.74 Å². The van der Waals surface area contributed by atoms with E-state index in [0.717, 1.165) is 25.0 Å². The van der Waals surface area contributed by atoms with Crippen molar-refractivity contribution in [3.63, 3.8) is 0 Å². The fourth-order valence-electron chi connectivity index (χ4n) is 4.01. The lowest BCUT2D eigenvalue weighted by Gasteiger charge is -2.51. The highest BCUT2D eigenvalue weighted by molar-refractivity contribution is 5.81. The number of methoxy groups -OCH3 is 1. The topological polar surface area (TPSA) is 50.1 Å². The van der Waals surface area contributed by atoms with Crippen LogP contribution in [0.1, 0.15) is 43.7 Å². The molecule has 0 spiro atoms. The van der Waals surface area contributed by atoms with Crippen LogP contribution in [0, 0.1) is 16.7 Å². The van der Waals surface area contributed by atoms with Crippen LogP contribution in [0.4, 0.5) is 0 Å². The zero-order valence-corrected chi connectivity index (χ0v) is 12.0. The summed E-state index contributed by atoms with van der Waals surface area (Å²) in [4.78, 5) is 11.9. The van der Waals surface area contributed by atoms with Crippen LogP contribution >= 0.6 is 0 Å². The standard InChI is InChI=1S/C17H19NO2/c1-16-7-6-13(19)10-17(16,11-18)8-5-12-9-14(20-2)3-4-15(12)16/h3-4,9H,5-8,10H2,1-2H3/t16-,17-/m0/s1. The van der Waals surface area contributed by atoms with Crippen molar-refractivity contribution < 1.29 is 9.53 Å². The third kappa shape index (κ3) is 1.61. The monoisotopic (exact) mass is 269 g/mol. The van der Waals surface area contributed by atoms with Crippen molar-refractivity contribution in [3.05, 3.63) is 29.3 Å². The second-order valence-electron chi connectivity index (χ2n) is 6.26. The molecule has 2 aliphatic carbocycles. The summed E-state index contributed by atoms with van der Waals surface area (Å²) in [5, 5.41) is 9.76. The highest BCUT2D eigenvalue weighted by Crippen LogP contribution is 2.57. The Kier molecular flexibility index (Phi) is 2.86. The number of fused-ring (bicyclic) bond motifs is 3. The predicted molar refractivity (Wildman–Crippen MR) is 75.6 cm³/mol. The molecule has 1 saturated carbocycles. The Hall–Kier alpha value is -1.82. The molecule has 104 valence electrons. The normalized spacial score (nSPS) is 31.9. The van der Waals surface area contributed by atoms with E-state index in [-0.39, 0.29) is 11.2 Å². The third-order valence-corrected chi connectivity index (χ3v) is 5.40. The van der Waals surface area contributed by atoms with Gasteiger partial charge in [-0.1, -0.05) is 13.0 Å². The minimum atomic E-state index is -0.524. The summed E-state index contributed by atoms with van der Waals surface area (Å²) >= 11 is 0. The number of Topliss-reactive ketones (excluding diaryl/α,β-unsaturated/α-hetero) is 1. The number of ether oxygens (including phenoxy) is 1. The fourth-order valence-corrected chi connectivity index (χ4v) is 4.01. The minimum Gasteiger partial charge on any atom is -0.497 e. The summed E-state index contributed by atoms with van der Waals surface area (Å²) in [6, 6.07) is 8.65.